The quantitative estimate of drug-likeness (QED) is 0.615. The van der Waals surface area contributed by atoms with Gasteiger partial charge in [-0.2, -0.15) is 0 Å². The lowest BCUT2D eigenvalue weighted by Crippen LogP contribution is -2.36. The first-order chi connectivity index (χ1) is 15.9. The maximum Gasteiger partial charge on any atom is 0.336 e. The summed E-state index contributed by atoms with van der Waals surface area (Å²) in [6.45, 7) is 6.21. The maximum absolute atomic E-state index is 13.6. The molecular formula is C28H31NO4. The number of para-hydroxylation sites is 1. The second-order valence-corrected chi connectivity index (χ2v) is 9.16. The third-order valence-electron chi connectivity index (χ3n) is 6.32. The first-order valence-electron chi connectivity index (χ1n) is 11.5. The second-order valence-electron chi connectivity index (χ2n) is 9.16. The molecule has 2 atom stereocenters. The summed E-state index contributed by atoms with van der Waals surface area (Å²) < 4.78 is 11.3. The number of nitrogens with one attached hydrogen (secondary N) is 1. The highest BCUT2D eigenvalue weighted by Crippen LogP contribution is 2.47. The fraction of sp³-hybridized carbons (Fsp3) is 0.357. The van der Waals surface area contributed by atoms with Crippen molar-refractivity contribution in [2.45, 2.75) is 45.4 Å². The summed E-state index contributed by atoms with van der Waals surface area (Å²) in [5.41, 5.74) is 4.68. The van der Waals surface area contributed by atoms with E-state index in [-0.39, 0.29) is 17.6 Å². The van der Waals surface area contributed by atoms with Crippen LogP contribution in [0.15, 0.2) is 77.1 Å². The largest absolute Gasteiger partial charge is 0.496 e. The Kier molecular flexibility index (Phi) is 6.68. The first kappa shape index (κ1) is 22.8. The van der Waals surface area contributed by atoms with Gasteiger partial charge in [0.2, 0.25) is 0 Å². The monoisotopic (exact) mass is 445 g/mol. The van der Waals surface area contributed by atoms with Crippen molar-refractivity contribution in [3.63, 3.8) is 0 Å². The molecule has 0 aromatic heterocycles. The Morgan fingerprint density at radius 2 is 1.76 bits per heavy atom. The second kappa shape index (κ2) is 9.65. The summed E-state index contributed by atoms with van der Waals surface area (Å²) in [7, 11) is 1.61. The number of ketones is 1. The van der Waals surface area contributed by atoms with Crippen LogP contribution in [0.5, 0.6) is 5.75 Å². The van der Waals surface area contributed by atoms with Gasteiger partial charge in [0.15, 0.2) is 5.78 Å². The zero-order chi connectivity index (χ0) is 23.5. The van der Waals surface area contributed by atoms with E-state index in [1.54, 1.807) is 7.11 Å². The van der Waals surface area contributed by atoms with Gasteiger partial charge in [0.05, 0.1) is 25.2 Å². The van der Waals surface area contributed by atoms with E-state index >= 15 is 0 Å². The lowest BCUT2D eigenvalue weighted by molar-refractivity contribution is -0.140. The molecule has 0 saturated carbocycles. The van der Waals surface area contributed by atoms with Gasteiger partial charge in [0, 0.05) is 29.0 Å². The van der Waals surface area contributed by atoms with E-state index in [0.717, 1.165) is 22.5 Å². The molecule has 1 N–H and O–H groups in total. The number of dihydropyridines is 1. The standard InChI is InChI=1S/C28H31NO4/c1-17(2)16-33-28(31)25-18(3)29-22-14-20(19-10-6-5-7-11-19)15-23(30)27(22)26(25)21-12-8-9-13-24(21)32-4/h5-13,17,20,26,29H,14-16H2,1-4H3/t20-,26+/m0/s1. The normalized spacial score (nSPS) is 20.5. The van der Waals surface area contributed by atoms with Gasteiger partial charge in [0.25, 0.3) is 0 Å². The summed E-state index contributed by atoms with van der Waals surface area (Å²) >= 11 is 0. The average Bonchev–Trinajstić information content (AvgIpc) is 2.82. The van der Waals surface area contributed by atoms with Crippen LogP contribution in [0, 0.1) is 5.92 Å². The van der Waals surface area contributed by atoms with Crippen LogP contribution in [0.25, 0.3) is 0 Å². The summed E-state index contributed by atoms with van der Waals surface area (Å²) in [5, 5.41) is 3.40. The molecule has 172 valence electrons. The topological polar surface area (TPSA) is 64.6 Å². The minimum absolute atomic E-state index is 0.0511. The van der Waals surface area contributed by atoms with E-state index in [2.05, 4.69) is 17.4 Å². The smallest absolute Gasteiger partial charge is 0.336 e. The van der Waals surface area contributed by atoms with Gasteiger partial charge in [-0.05, 0) is 36.8 Å². The molecule has 2 aliphatic rings. The highest BCUT2D eigenvalue weighted by molar-refractivity contribution is 6.04. The van der Waals surface area contributed by atoms with Crippen molar-refractivity contribution in [1.82, 2.24) is 5.32 Å². The van der Waals surface area contributed by atoms with Crippen molar-refractivity contribution in [2.24, 2.45) is 5.92 Å². The zero-order valence-corrected chi connectivity index (χ0v) is 19.7. The van der Waals surface area contributed by atoms with Crippen LogP contribution in [-0.4, -0.2) is 25.5 Å². The van der Waals surface area contributed by atoms with Crippen molar-refractivity contribution in [2.75, 3.05) is 13.7 Å². The predicted molar refractivity (Wildman–Crippen MR) is 128 cm³/mol. The molecule has 0 amide bonds. The molecule has 0 radical (unpaired) electrons. The third kappa shape index (κ3) is 4.58. The van der Waals surface area contributed by atoms with Gasteiger partial charge in [-0.1, -0.05) is 62.4 Å². The van der Waals surface area contributed by atoms with Crippen LogP contribution in [0.3, 0.4) is 0 Å². The van der Waals surface area contributed by atoms with Crippen LogP contribution >= 0.6 is 0 Å². The van der Waals surface area contributed by atoms with Crippen LogP contribution in [0.2, 0.25) is 0 Å². The van der Waals surface area contributed by atoms with E-state index < -0.39 is 11.9 Å². The number of benzene rings is 2. The molecule has 0 spiro atoms. The van der Waals surface area contributed by atoms with Crippen molar-refractivity contribution >= 4 is 11.8 Å². The van der Waals surface area contributed by atoms with E-state index in [9.17, 15) is 9.59 Å². The van der Waals surface area contributed by atoms with Crippen LogP contribution in [0.1, 0.15) is 56.6 Å². The predicted octanol–water partition coefficient (Wildman–Crippen LogP) is 5.26. The molecular weight excluding hydrogens is 414 g/mol. The molecule has 0 fully saturated rings. The van der Waals surface area contributed by atoms with Gasteiger partial charge in [-0.15, -0.1) is 0 Å². The number of carbonyl (C=O) groups excluding carboxylic acids is 2. The molecule has 5 nitrogen and oxygen atoms in total. The van der Waals surface area contributed by atoms with Crippen molar-refractivity contribution in [3.05, 3.63) is 88.3 Å². The van der Waals surface area contributed by atoms with E-state index in [1.807, 2.05) is 63.2 Å². The Hall–Kier alpha value is -3.34. The lowest BCUT2D eigenvalue weighted by Gasteiger charge is -2.37. The Bertz CT molecular complexity index is 1110. The number of allylic oxidation sites excluding steroid dienone is 3. The number of hydrogen-bond acceptors (Lipinski definition) is 5. The fourth-order valence-electron chi connectivity index (χ4n) is 4.81. The molecule has 2 aromatic rings. The first-order valence-corrected chi connectivity index (χ1v) is 11.5. The Labute approximate surface area is 195 Å². The number of hydrogen-bond donors (Lipinski definition) is 1. The minimum atomic E-state index is -0.527. The number of carbonyl (C=O) groups is 2. The lowest BCUT2D eigenvalue weighted by atomic mass is 9.71. The van der Waals surface area contributed by atoms with Gasteiger partial charge in [-0.3, -0.25) is 4.79 Å². The summed E-state index contributed by atoms with van der Waals surface area (Å²) in [4.78, 5) is 26.9. The van der Waals surface area contributed by atoms with E-state index in [0.29, 0.717) is 36.3 Å². The Morgan fingerprint density at radius 1 is 1.06 bits per heavy atom. The number of ether oxygens (including phenoxy) is 2. The Morgan fingerprint density at radius 3 is 2.45 bits per heavy atom. The molecule has 5 heteroatoms. The summed E-state index contributed by atoms with van der Waals surface area (Å²) in [6, 6.07) is 17.7. The minimum Gasteiger partial charge on any atom is -0.496 e. The fourth-order valence-corrected chi connectivity index (χ4v) is 4.81. The molecule has 1 aliphatic heterocycles. The van der Waals surface area contributed by atoms with Crippen LogP contribution < -0.4 is 10.1 Å². The van der Waals surface area contributed by atoms with Gasteiger partial charge >= 0.3 is 5.97 Å². The Balaban J connectivity index is 1.80. The van der Waals surface area contributed by atoms with Crippen molar-refractivity contribution in [3.8, 4) is 5.75 Å². The number of esters is 1. The molecule has 2 aromatic carbocycles. The van der Waals surface area contributed by atoms with Gasteiger partial charge < -0.3 is 14.8 Å². The highest BCUT2D eigenvalue weighted by atomic mass is 16.5. The van der Waals surface area contributed by atoms with Crippen molar-refractivity contribution in [1.29, 1.82) is 0 Å². The van der Waals surface area contributed by atoms with Crippen LogP contribution in [0.4, 0.5) is 0 Å². The summed E-state index contributed by atoms with van der Waals surface area (Å²) in [6.07, 6.45) is 1.12. The van der Waals surface area contributed by atoms with Gasteiger partial charge in [-0.25, -0.2) is 4.79 Å². The van der Waals surface area contributed by atoms with Crippen molar-refractivity contribution < 1.29 is 19.1 Å². The average molecular weight is 446 g/mol. The molecule has 0 bridgehead atoms. The maximum atomic E-state index is 13.6. The SMILES string of the molecule is COc1ccccc1[C@@H]1C(C(=O)OCC(C)C)=C(C)NC2=C1C(=O)C[C@@H](c1ccccc1)C2. The molecule has 4 rings (SSSR count). The van der Waals surface area contributed by atoms with Crippen LogP contribution in [-0.2, 0) is 14.3 Å². The molecule has 0 unspecified atom stereocenters. The van der Waals surface area contributed by atoms with E-state index in [4.69, 9.17) is 9.47 Å². The van der Waals surface area contributed by atoms with Gasteiger partial charge in [0.1, 0.15) is 5.75 Å². The molecule has 1 heterocycles. The molecule has 33 heavy (non-hydrogen) atoms. The summed E-state index contributed by atoms with van der Waals surface area (Å²) in [5.74, 6) is 0.0983. The number of Topliss-reactive ketones (excluding diaryl/α,β-unsaturated/α-hetero) is 1. The number of rotatable bonds is 6. The van der Waals surface area contributed by atoms with E-state index in [1.165, 1.54) is 0 Å². The highest BCUT2D eigenvalue weighted by Gasteiger charge is 2.42. The number of methoxy groups -OCH3 is 1. The molecule has 0 saturated heterocycles. The third-order valence-corrected chi connectivity index (χ3v) is 6.32. The molecule has 1 aliphatic carbocycles. The zero-order valence-electron chi connectivity index (χ0n) is 19.7.